The minimum absolute atomic E-state index is 0.0671. The summed E-state index contributed by atoms with van der Waals surface area (Å²) in [5.41, 5.74) is 4.22. The molecule has 7 aromatic carbocycles. The summed E-state index contributed by atoms with van der Waals surface area (Å²) in [5, 5.41) is 33.9. The maximum Gasteiger partial charge on any atom is 0.338 e. The molecule has 15 amide bonds. The van der Waals surface area contributed by atoms with Gasteiger partial charge in [-0.15, -0.1) is 0 Å². The molecule has 36 nitrogen and oxygen atoms in total. The number of piperidine rings is 5. The summed E-state index contributed by atoms with van der Waals surface area (Å²) < 4.78 is 4.62. The van der Waals surface area contributed by atoms with Gasteiger partial charge in [0.15, 0.2) is 5.78 Å². The molecule has 0 aromatic heterocycles. The fourth-order valence-electron chi connectivity index (χ4n) is 19.8. The second-order valence-electron chi connectivity index (χ2n) is 36.9. The number of ether oxygens (including phenoxy) is 1. The molecule has 7 aromatic rings. The van der Waals surface area contributed by atoms with Crippen LogP contribution in [-0.2, 0) is 63.9 Å². The number of imide groups is 5. The first-order valence-corrected chi connectivity index (χ1v) is 49.7. The molecule has 9 unspecified atom stereocenters. The normalized spacial score (nSPS) is 23.0. The second-order valence-corrected chi connectivity index (χ2v) is 40.0. The topological polar surface area (TPSA) is 500 Å². The van der Waals surface area contributed by atoms with Gasteiger partial charge in [0.25, 0.3) is 59.1 Å². The number of aliphatic carboxylic acids is 2. The quantitative estimate of drug-likeness (QED) is 0.0182. The highest BCUT2D eigenvalue weighted by Gasteiger charge is 2.73. The van der Waals surface area contributed by atoms with Crippen LogP contribution in [0.2, 0.25) is 0 Å². The second kappa shape index (κ2) is 45.5. The SMILES string of the molecule is CC12CCC(C(=O)NC3CCC(=O)NC3=O)(CC1=O)C2(C)C.COC(=O)c1ccccc1C(=O)NC1CCC(=O)CC1=O.O=C(O)CCC(C(=O)O)N1C(=O)c2ccccc2C1=S.O=C1CCC(N2C(=O)c3ccccc3C2=O)C(=O)N1CCc1ccccc1.O=C1NC(=S)CCC1N1C(=O)c2ccccc2C1=O.O=C1c2ccccc2C(=O)N1C1CCC(=S)NC1=S.O=C1c2ccccc2C(=S)N1C1CCC(=S)NC1=S. The molecule has 3 aliphatic carbocycles. The molecule has 10 aliphatic heterocycles. The van der Waals surface area contributed by atoms with Crippen LogP contribution in [0.25, 0.3) is 0 Å². The van der Waals surface area contributed by atoms with E-state index in [1.165, 1.54) is 29.0 Å². The van der Waals surface area contributed by atoms with Crippen LogP contribution >= 0.6 is 85.5 Å². The van der Waals surface area contributed by atoms with Gasteiger partial charge in [0, 0.05) is 74.5 Å². The Hall–Kier alpha value is -14.8. The molecule has 10 heterocycles. The van der Waals surface area contributed by atoms with Crippen LogP contribution in [-0.4, -0.2) is 254 Å². The molecule has 2 bridgehead atoms. The minimum atomic E-state index is -1.27. The van der Waals surface area contributed by atoms with Crippen LogP contribution < -0.4 is 31.9 Å². The molecule has 3 saturated carbocycles. The van der Waals surface area contributed by atoms with Crippen LogP contribution in [0.1, 0.15) is 257 Å². The Labute approximate surface area is 878 Å². The van der Waals surface area contributed by atoms with E-state index in [1.807, 2.05) is 69.3 Å². The first-order valence-electron chi connectivity index (χ1n) is 46.8. The molecule has 20 rings (SSSR count). The van der Waals surface area contributed by atoms with Crippen LogP contribution in [0.4, 0.5) is 0 Å². The first-order chi connectivity index (χ1) is 69.9. The van der Waals surface area contributed by atoms with Crippen molar-refractivity contribution in [1.29, 1.82) is 0 Å². The van der Waals surface area contributed by atoms with Gasteiger partial charge in [0.05, 0.1) is 108 Å². The lowest BCUT2D eigenvalue weighted by atomic mass is 9.64. The Bertz CT molecular complexity index is 6450. The summed E-state index contributed by atoms with van der Waals surface area (Å²) in [5.74, 6) is -8.76. The van der Waals surface area contributed by atoms with Gasteiger partial charge in [-0.05, 0) is 136 Å². The van der Waals surface area contributed by atoms with Crippen molar-refractivity contribution in [2.75, 3.05) is 13.7 Å². The Morgan fingerprint density at radius 3 is 1.30 bits per heavy atom. The molecule has 147 heavy (non-hydrogen) atoms. The summed E-state index contributed by atoms with van der Waals surface area (Å²) in [6, 6.07) is 44.8. The fraction of sp³-hybridized carbons (Fsp3) is 0.327. The summed E-state index contributed by atoms with van der Waals surface area (Å²) in [6.07, 6.45) is 6.45. The number of rotatable bonds is 17. The van der Waals surface area contributed by atoms with Crippen molar-refractivity contribution in [1.82, 2.24) is 61.3 Å². The van der Waals surface area contributed by atoms with Crippen molar-refractivity contribution >= 4 is 244 Å². The van der Waals surface area contributed by atoms with Crippen molar-refractivity contribution in [2.24, 2.45) is 16.2 Å². The number of hydrogen-bond acceptors (Lipinski definition) is 29. The third-order valence-electron chi connectivity index (χ3n) is 28.2. The lowest BCUT2D eigenvalue weighted by Gasteiger charge is -2.39. The molecule has 5 saturated heterocycles. The summed E-state index contributed by atoms with van der Waals surface area (Å²) >= 11 is 36.2. The first kappa shape index (κ1) is 108. The van der Waals surface area contributed by atoms with Gasteiger partial charge in [-0.25, -0.2) is 9.59 Å². The van der Waals surface area contributed by atoms with Crippen LogP contribution in [0, 0.1) is 16.2 Å². The number of benzene rings is 7. The van der Waals surface area contributed by atoms with E-state index >= 15 is 0 Å². The number of ketones is 3. The van der Waals surface area contributed by atoms with Crippen LogP contribution in [0.5, 0.6) is 0 Å². The maximum absolute atomic E-state index is 12.9. The number of thiocarbonyl (C=S) groups is 7. The zero-order chi connectivity index (χ0) is 106. The smallest absolute Gasteiger partial charge is 0.338 e. The van der Waals surface area contributed by atoms with Crippen LogP contribution in [0.3, 0.4) is 0 Å². The Morgan fingerprint density at radius 1 is 0.435 bits per heavy atom. The number of carboxylic acids is 2. The molecule has 9 atom stereocenters. The number of hydrogen-bond donors (Lipinski definition) is 8. The number of amides is 15. The van der Waals surface area contributed by atoms with Crippen molar-refractivity contribution < 1.29 is 116 Å². The number of carbonyl (C=O) groups is 21. The van der Waals surface area contributed by atoms with E-state index in [4.69, 9.17) is 90.6 Å². The average Bonchev–Trinajstić information content (AvgIpc) is 1.51. The number of Topliss-reactive ketones (excluding diaryl/α,β-unsaturated/α-hetero) is 3. The predicted molar refractivity (Wildman–Crippen MR) is 554 cm³/mol. The molecule has 43 heteroatoms. The lowest BCUT2D eigenvalue weighted by Crippen LogP contribution is -2.56. The Kier molecular flexibility index (Phi) is 33.4. The number of nitrogens with one attached hydrogen (secondary N) is 6. The number of nitrogens with zero attached hydrogens (tertiary/aromatic N) is 6. The number of carbonyl (C=O) groups excluding carboxylic acids is 19. The van der Waals surface area contributed by atoms with Crippen LogP contribution in [0.15, 0.2) is 176 Å². The molecule has 758 valence electrons. The number of likely N-dealkylation sites (tertiary alicyclic amines) is 1. The molecule has 8 fully saturated rings. The molecule has 13 aliphatic rings. The average molecular weight is 2120 g/mol. The van der Waals surface area contributed by atoms with Gasteiger partial charge in [-0.2, -0.15) is 0 Å². The number of fused-ring (bicyclic) bond motifs is 7. The summed E-state index contributed by atoms with van der Waals surface area (Å²) in [4.78, 5) is 264. The highest BCUT2D eigenvalue weighted by atomic mass is 32.1. The van der Waals surface area contributed by atoms with Gasteiger partial charge in [0.2, 0.25) is 29.5 Å². The Balaban J connectivity index is 0.000000136. The number of esters is 1. The predicted octanol–water partition coefficient (Wildman–Crippen LogP) is 9.57. The van der Waals surface area contributed by atoms with E-state index < -0.39 is 118 Å². The van der Waals surface area contributed by atoms with Crippen molar-refractivity contribution in [3.05, 3.63) is 248 Å². The van der Waals surface area contributed by atoms with Crippen molar-refractivity contribution in [3.63, 3.8) is 0 Å². The van der Waals surface area contributed by atoms with Gasteiger partial charge in [-0.3, -0.25) is 126 Å². The fourth-order valence-corrected chi connectivity index (χ4v) is 22.0. The van der Waals surface area contributed by atoms with E-state index in [0.717, 1.165) is 43.7 Å². The minimum Gasteiger partial charge on any atom is -0.481 e. The molecule has 0 radical (unpaired) electrons. The number of methoxy groups -OCH3 is 1. The third kappa shape index (κ3) is 22.1. The van der Waals surface area contributed by atoms with E-state index in [1.54, 1.807) is 120 Å². The van der Waals surface area contributed by atoms with E-state index in [0.29, 0.717) is 133 Å². The largest absolute Gasteiger partial charge is 0.481 e. The maximum atomic E-state index is 12.9. The summed E-state index contributed by atoms with van der Waals surface area (Å²) in [7, 11) is 1.23. The van der Waals surface area contributed by atoms with E-state index in [9.17, 15) is 106 Å². The number of carboxylic acid groups (broad SMARTS) is 2. The van der Waals surface area contributed by atoms with Gasteiger partial charge < -0.3 is 41.5 Å². The lowest BCUT2D eigenvalue weighted by molar-refractivity contribution is -0.152. The zero-order valence-electron chi connectivity index (χ0n) is 79.3. The van der Waals surface area contributed by atoms with Gasteiger partial charge in [0.1, 0.15) is 55.7 Å². The zero-order valence-corrected chi connectivity index (χ0v) is 85.1. The van der Waals surface area contributed by atoms with E-state index in [-0.39, 0.29) is 139 Å². The van der Waals surface area contributed by atoms with E-state index in [2.05, 4.69) is 36.6 Å². The third-order valence-corrected chi connectivity index (χ3v) is 30.7. The molecule has 8 N–H and O–H groups in total. The molecular weight excluding hydrogens is 2030 g/mol. The Morgan fingerprint density at radius 2 is 0.857 bits per heavy atom. The molecule has 0 spiro atoms. The standard InChI is InChI=1S/C21H18N2O4.C16H22N2O4.C15H15NO5.C13H10N2O3S.C13H10N2O2S2.C13H10N2OS3.C13H11NO5S/c24-18-11-10-17(21(27)22(18)13-12-14-6-2-1-3-7-14)23-19(25)15-8-4-5-9-16(15)20(23)26;1-14(2)15(3)6-7-16(14,8-10(15)19)13(22)17-9-4-5-11(20)18-12(9)21;1-21-15(20)11-5-3-2-4-10(11)14(19)16-12-7-6-9(17)8-13(12)18;16-11-9(5-6-10(19)14-11)15-12(17)7-3-1-2-4-8(7)13(15)18;16-12-7-3-1-2-4-8(7)13(17)15(12)9-5-6-10(18)14-11(9)19;16-12-7-3-1-2-4-8(7)13(19)15(12)9-5-6-10(17)14-11(9)18;15-10(16)6-5-9(13(18)19)14-11(17)7-3-1-2-4-8(7)12(14)20/h1-9,17H,10-13H2;9H,4-8H2,1-3H3,(H,17,22)(H,18,20,21);2-5,12H,6-8H2,1H3,(H,16,19);1-4,9H,5-6H2,(H,14,16,19);1-4,9H,5-6H2,(H,14,18,19);1-4,9H,5-6H2,(H,14,17,18);1-4,9H,5-6H2,(H,15,16)(H,18,19). The van der Waals surface area contributed by atoms with Gasteiger partial charge >= 0.3 is 17.9 Å². The monoisotopic (exact) mass is 2120 g/mol. The molecular formula is C104H96N12O24S7. The van der Waals surface area contributed by atoms with Crippen molar-refractivity contribution in [2.45, 2.75) is 185 Å². The van der Waals surface area contributed by atoms with Crippen molar-refractivity contribution in [3.8, 4) is 0 Å². The highest BCUT2D eigenvalue weighted by Crippen LogP contribution is 2.70. The van der Waals surface area contributed by atoms with Gasteiger partial charge in [-0.1, -0.05) is 222 Å². The summed E-state index contributed by atoms with van der Waals surface area (Å²) in [6.45, 7) is 6.15. The highest BCUT2D eigenvalue weighted by molar-refractivity contribution is 7.82.